The van der Waals surface area contributed by atoms with Gasteiger partial charge in [-0.3, -0.25) is 9.59 Å². The summed E-state index contributed by atoms with van der Waals surface area (Å²) in [5.74, 6) is -0.243. The summed E-state index contributed by atoms with van der Waals surface area (Å²) in [6.07, 6.45) is 1.43. The topological polar surface area (TPSA) is 49.4 Å². The minimum atomic E-state index is -0.635. The minimum Gasteiger partial charge on any atom is -0.352 e. The molecule has 0 radical (unpaired) electrons. The van der Waals surface area contributed by atoms with E-state index in [4.69, 9.17) is 11.6 Å². The zero-order valence-electron chi connectivity index (χ0n) is 20.1. The van der Waals surface area contributed by atoms with E-state index < -0.39 is 6.04 Å². The van der Waals surface area contributed by atoms with E-state index in [2.05, 4.69) is 5.32 Å². The lowest BCUT2D eigenvalue weighted by atomic mass is 10.0. The van der Waals surface area contributed by atoms with Crippen molar-refractivity contribution in [3.05, 3.63) is 106 Å². The standard InChI is InChI=1S/C29H33ClN2O2/c1-4-22(3)31-29(34)27(18-23-9-6-5-7-10-23)32(20-24-15-13-21(2)14-16-24)28(33)19-25-11-8-12-26(30)17-25/h5-17,22,27H,4,18-20H2,1-3H3,(H,31,34)/t22-,27+/m1/s1. The quantitative estimate of drug-likeness (QED) is 0.405. The third-order valence-electron chi connectivity index (χ3n) is 5.99. The van der Waals surface area contributed by atoms with Crippen molar-refractivity contribution in [3.8, 4) is 0 Å². The molecule has 34 heavy (non-hydrogen) atoms. The molecule has 178 valence electrons. The highest BCUT2D eigenvalue weighted by Crippen LogP contribution is 2.18. The highest BCUT2D eigenvalue weighted by Gasteiger charge is 2.31. The van der Waals surface area contributed by atoms with Crippen molar-refractivity contribution in [2.45, 2.75) is 58.7 Å². The lowest BCUT2D eigenvalue weighted by Gasteiger charge is -2.32. The number of nitrogens with zero attached hydrogens (tertiary/aromatic N) is 1. The molecule has 0 saturated heterocycles. The van der Waals surface area contributed by atoms with Gasteiger partial charge in [0.15, 0.2) is 0 Å². The molecule has 0 fully saturated rings. The zero-order chi connectivity index (χ0) is 24.5. The lowest BCUT2D eigenvalue weighted by Crippen LogP contribution is -2.52. The van der Waals surface area contributed by atoms with Crippen LogP contribution >= 0.6 is 11.6 Å². The van der Waals surface area contributed by atoms with Crippen molar-refractivity contribution in [1.29, 1.82) is 0 Å². The van der Waals surface area contributed by atoms with Crippen LogP contribution in [0.15, 0.2) is 78.9 Å². The zero-order valence-corrected chi connectivity index (χ0v) is 20.9. The second kappa shape index (κ2) is 12.4. The first-order chi connectivity index (χ1) is 16.4. The fraction of sp³-hybridized carbons (Fsp3) is 0.310. The fourth-order valence-electron chi connectivity index (χ4n) is 3.81. The summed E-state index contributed by atoms with van der Waals surface area (Å²) in [7, 11) is 0. The Morgan fingerprint density at radius 1 is 0.912 bits per heavy atom. The average Bonchev–Trinajstić information content (AvgIpc) is 2.83. The van der Waals surface area contributed by atoms with E-state index in [0.717, 1.165) is 28.7 Å². The normalized spacial score (nSPS) is 12.6. The Balaban J connectivity index is 1.96. The van der Waals surface area contributed by atoms with Gasteiger partial charge in [-0.1, -0.05) is 90.8 Å². The summed E-state index contributed by atoms with van der Waals surface area (Å²) >= 11 is 6.16. The molecule has 0 saturated carbocycles. The van der Waals surface area contributed by atoms with Crippen LogP contribution in [0.5, 0.6) is 0 Å². The Kier molecular flexibility index (Phi) is 9.29. The number of carbonyl (C=O) groups is 2. The molecule has 0 bridgehead atoms. The van der Waals surface area contributed by atoms with Crippen LogP contribution in [0.4, 0.5) is 0 Å². The molecule has 0 aliphatic carbocycles. The molecule has 2 atom stereocenters. The van der Waals surface area contributed by atoms with Gasteiger partial charge in [0, 0.05) is 24.0 Å². The molecular weight excluding hydrogens is 444 g/mol. The number of amides is 2. The highest BCUT2D eigenvalue weighted by atomic mass is 35.5. The molecule has 0 heterocycles. The minimum absolute atomic E-state index is 0.0232. The van der Waals surface area contributed by atoms with E-state index in [-0.39, 0.29) is 24.3 Å². The first-order valence-electron chi connectivity index (χ1n) is 11.8. The Morgan fingerprint density at radius 2 is 1.59 bits per heavy atom. The molecule has 2 amide bonds. The molecule has 1 N–H and O–H groups in total. The Hall–Kier alpha value is -3.11. The van der Waals surface area contributed by atoms with Crippen LogP contribution in [0.25, 0.3) is 0 Å². The first kappa shape index (κ1) is 25.5. The van der Waals surface area contributed by atoms with Gasteiger partial charge in [0.25, 0.3) is 0 Å². The molecule has 0 unspecified atom stereocenters. The van der Waals surface area contributed by atoms with Crippen LogP contribution in [0.1, 0.15) is 42.5 Å². The SMILES string of the molecule is CC[C@@H](C)NC(=O)[C@H](Cc1ccccc1)N(Cc1ccc(C)cc1)C(=O)Cc1cccc(Cl)c1. The van der Waals surface area contributed by atoms with Gasteiger partial charge in [-0.2, -0.15) is 0 Å². The van der Waals surface area contributed by atoms with E-state index in [1.807, 2.05) is 87.5 Å². The summed E-state index contributed by atoms with van der Waals surface area (Å²) in [6, 6.07) is 24.6. The second-order valence-electron chi connectivity index (χ2n) is 8.84. The molecule has 4 nitrogen and oxygen atoms in total. The molecule has 3 aromatic rings. The summed E-state index contributed by atoms with van der Waals surface area (Å²) in [4.78, 5) is 28.9. The van der Waals surface area contributed by atoms with Crippen molar-refractivity contribution < 1.29 is 9.59 Å². The number of aryl methyl sites for hydroxylation is 1. The predicted octanol–water partition coefficient (Wildman–Crippen LogP) is 5.75. The summed E-state index contributed by atoms with van der Waals surface area (Å²) in [6.45, 7) is 6.40. The predicted molar refractivity (Wildman–Crippen MR) is 139 cm³/mol. The van der Waals surface area contributed by atoms with Gasteiger partial charge in [-0.15, -0.1) is 0 Å². The van der Waals surface area contributed by atoms with Crippen molar-refractivity contribution in [2.75, 3.05) is 0 Å². The maximum absolute atomic E-state index is 13.7. The van der Waals surface area contributed by atoms with Gasteiger partial charge < -0.3 is 10.2 Å². The van der Waals surface area contributed by atoms with Crippen molar-refractivity contribution >= 4 is 23.4 Å². The van der Waals surface area contributed by atoms with Gasteiger partial charge in [-0.25, -0.2) is 0 Å². The van der Waals surface area contributed by atoms with Gasteiger partial charge in [0.2, 0.25) is 11.8 Å². The monoisotopic (exact) mass is 476 g/mol. The molecular formula is C29H33ClN2O2. The average molecular weight is 477 g/mol. The lowest BCUT2D eigenvalue weighted by molar-refractivity contribution is -0.141. The summed E-state index contributed by atoms with van der Waals surface area (Å²) < 4.78 is 0. The van der Waals surface area contributed by atoms with Crippen LogP contribution in [0.3, 0.4) is 0 Å². The van der Waals surface area contributed by atoms with Crippen molar-refractivity contribution in [3.63, 3.8) is 0 Å². The number of rotatable bonds is 10. The van der Waals surface area contributed by atoms with E-state index in [9.17, 15) is 9.59 Å². The first-order valence-corrected chi connectivity index (χ1v) is 12.2. The molecule has 0 aliphatic heterocycles. The summed E-state index contributed by atoms with van der Waals surface area (Å²) in [5.41, 5.74) is 3.97. The molecule has 3 aromatic carbocycles. The molecule has 0 spiro atoms. The van der Waals surface area contributed by atoms with Gasteiger partial charge in [0.1, 0.15) is 6.04 Å². The van der Waals surface area contributed by atoms with E-state index in [0.29, 0.717) is 18.0 Å². The maximum Gasteiger partial charge on any atom is 0.243 e. The molecule has 0 aromatic heterocycles. The van der Waals surface area contributed by atoms with Gasteiger partial charge in [-0.05, 0) is 49.1 Å². The van der Waals surface area contributed by atoms with Crippen LogP contribution in [-0.4, -0.2) is 28.8 Å². The molecule has 0 aliphatic rings. The van der Waals surface area contributed by atoms with Crippen molar-refractivity contribution in [1.82, 2.24) is 10.2 Å². The largest absolute Gasteiger partial charge is 0.352 e. The summed E-state index contributed by atoms with van der Waals surface area (Å²) in [5, 5.41) is 3.69. The number of hydrogen-bond acceptors (Lipinski definition) is 2. The van der Waals surface area contributed by atoms with E-state index >= 15 is 0 Å². The van der Waals surface area contributed by atoms with Crippen LogP contribution < -0.4 is 5.32 Å². The van der Waals surface area contributed by atoms with E-state index in [1.54, 1.807) is 17.0 Å². The highest BCUT2D eigenvalue weighted by molar-refractivity contribution is 6.30. The number of nitrogens with one attached hydrogen (secondary N) is 1. The fourth-order valence-corrected chi connectivity index (χ4v) is 4.02. The third-order valence-corrected chi connectivity index (χ3v) is 6.23. The number of halogens is 1. The van der Waals surface area contributed by atoms with Crippen LogP contribution in [0.2, 0.25) is 5.02 Å². The smallest absolute Gasteiger partial charge is 0.243 e. The van der Waals surface area contributed by atoms with Gasteiger partial charge in [0.05, 0.1) is 6.42 Å². The van der Waals surface area contributed by atoms with Crippen LogP contribution in [-0.2, 0) is 29.0 Å². The van der Waals surface area contributed by atoms with Crippen molar-refractivity contribution in [2.24, 2.45) is 0 Å². The number of benzene rings is 3. The van der Waals surface area contributed by atoms with Gasteiger partial charge >= 0.3 is 0 Å². The van der Waals surface area contributed by atoms with Crippen LogP contribution in [0, 0.1) is 6.92 Å². The number of hydrogen-bond donors (Lipinski definition) is 1. The van der Waals surface area contributed by atoms with E-state index in [1.165, 1.54) is 0 Å². The third kappa shape index (κ3) is 7.46. The molecule has 5 heteroatoms. The maximum atomic E-state index is 13.7. The Morgan fingerprint density at radius 3 is 2.24 bits per heavy atom. The molecule has 3 rings (SSSR count). The number of carbonyl (C=O) groups excluding carboxylic acids is 2. The Bertz CT molecular complexity index is 1080. The Labute approximate surface area is 207 Å². The second-order valence-corrected chi connectivity index (χ2v) is 9.27.